The van der Waals surface area contributed by atoms with Gasteiger partial charge in [0.15, 0.2) is 0 Å². The number of benzene rings is 2. The molecule has 2 fully saturated rings. The Hall–Kier alpha value is -1.45. The molecule has 2 aromatic rings. The summed E-state index contributed by atoms with van der Waals surface area (Å²) in [6.07, 6.45) is 4.73. The number of anilines is 1. The zero-order valence-electron chi connectivity index (χ0n) is 17.7. The van der Waals surface area contributed by atoms with Crippen molar-refractivity contribution in [1.82, 2.24) is 4.31 Å². The SMILES string of the molecule is O=C1CC(N(C2CCCCCC2)S(=O)(=O)c2cc(Cl)ccc2Cl)C(=O)N1c1ccc(Br)cc1. The van der Waals surface area contributed by atoms with E-state index in [0.717, 1.165) is 35.1 Å². The van der Waals surface area contributed by atoms with Crippen LogP contribution in [0.15, 0.2) is 51.8 Å². The molecule has 0 bridgehead atoms. The van der Waals surface area contributed by atoms with E-state index in [0.29, 0.717) is 18.5 Å². The lowest BCUT2D eigenvalue weighted by molar-refractivity contribution is -0.122. The number of carbonyl (C=O) groups excluding carboxylic acids is 2. The second kappa shape index (κ2) is 10.0. The first-order valence-electron chi connectivity index (χ1n) is 10.8. The normalized spacial score (nSPS) is 20.5. The Bertz CT molecular complexity index is 1170. The van der Waals surface area contributed by atoms with Crippen molar-refractivity contribution in [3.05, 3.63) is 57.0 Å². The maximum atomic E-state index is 13.9. The number of rotatable bonds is 5. The number of hydrogen-bond donors (Lipinski definition) is 0. The average molecular weight is 574 g/mol. The van der Waals surface area contributed by atoms with Gasteiger partial charge in [0.2, 0.25) is 15.9 Å². The van der Waals surface area contributed by atoms with Gasteiger partial charge in [-0.1, -0.05) is 64.8 Å². The van der Waals surface area contributed by atoms with Gasteiger partial charge in [0, 0.05) is 15.5 Å². The molecule has 1 atom stereocenters. The molecule has 176 valence electrons. The molecule has 1 heterocycles. The van der Waals surface area contributed by atoms with Gasteiger partial charge in [-0.2, -0.15) is 4.31 Å². The molecular weight excluding hydrogens is 551 g/mol. The largest absolute Gasteiger partial charge is 0.274 e. The number of nitrogens with zero attached hydrogens (tertiary/aromatic N) is 2. The standard InChI is InChI=1S/C23H23BrCl2N2O4S/c24-15-7-10-17(11-8-15)27-22(29)14-20(23(27)30)28(18-5-3-1-2-4-6-18)33(31,32)21-13-16(25)9-12-19(21)26/h7-13,18,20H,1-6,14H2. The number of hydrogen-bond acceptors (Lipinski definition) is 4. The summed E-state index contributed by atoms with van der Waals surface area (Å²) in [6.45, 7) is 0. The van der Waals surface area contributed by atoms with Crippen LogP contribution < -0.4 is 4.90 Å². The molecule has 10 heteroatoms. The van der Waals surface area contributed by atoms with Crippen molar-refractivity contribution >= 4 is 66.7 Å². The lowest BCUT2D eigenvalue weighted by Gasteiger charge is -2.34. The van der Waals surface area contributed by atoms with Crippen molar-refractivity contribution in [1.29, 1.82) is 0 Å². The maximum Gasteiger partial charge on any atom is 0.252 e. The minimum atomic E-state index is -4.21. The van der Waals surface area contributed by atoms with Crippen molar-refractivity contribution in [2.75, 3.05) is 4.90 Å². The predicted octanol–water partition coefficient (Wildman–Crippen LogP) is 5.80. The highest BCUT2D eigenvalue weighted by atomic mass is 79.9. The Morgan fingerprint density at radius 3 is 2.21 bits per heavy atom. The third kappa shape index (κ3) is 5.00. The van der Waals surface area contributed by atoms with Gasteiger partial charge in [0.05, 0.1) is 17.1 Å². The predicted molar refractivity (Wildman–Crippen MR) is 132 cm³/mol. The first-order valence-corrected chi connectivity index (χ1v) is 13.8. The number of sulfonamides is 1. The summed E-state index contributed by atoms with van der Waals surface area (Å²) in [6, 6.07) is 9.47. The molecule has 0 aromatic heterocycles. The Kier molecular flexibility index (Phi) is 7.50. The van der Waals surface area contributed by atoms with E-state index in [1.165, 1.54) is 22.5 Å². The number of amides is 2. The molecule has 0 N–H and O–H groups in total. The molecule has 2 aromatic carbocycles. The zero-order valence-corrected chi connectivity index (χ0v) is 21.6. The van der Waals surface area contributed by atoms with Gasteiger partial charge in [-0.15, -0.1) is 0 Å². The van der Waals surface area contributed by atoms with Crippen LogP contribution in [0.1, 0.15) is 44.9 Å². The van der Waals surface area contributed by atoms with E-state index in [9.17, 15) is 18.0 Å². The van der Waals surface area contributed by atoms with Gasteiger partial charge in [0.25, 0.3) is 5.91 Å². The average Bonchev–Trinajstić information content (AvgIpc) is 2.94. The summed E-state index contributed by atoms with van der Waals surface area (Å²) >= 11 is 15.7. The van der Waals surface area contributed by atoms with Gasteiger partial charge in [-0.25, -0.2) is 13.3 Å². The summed E-state index contributed by atoms with van der Waals surface area (Å²) in [4.78, 5) is 27.4. The van der Waals surface area contributed by atoms with Gasteiger partial charge in [-0.3, -0.25) is 9.59 Å². The van der Waals surface area contributed by atoms with Crippen LogP contribution in [0.4, 0.5) is 5.69 Å². The quantitative estimate of drug-likeness (QED) is 0.334. The van der Waals surface area contributed by atoms with Crippen molar-refractivity contribution in [3.63, 3.8) is 0 Å². The highest BCUT2D eigenvalue weighted by Gasteiger charge is 2.49. The van der Waals surface area contributed by atoms with E-state index in [-0.39, 0.29) is 21.4 Å². The first-order chi connectivity index (χ1) is 15.7. The minimum absolute atomic E-state index is 0.0274. The highest BCUT2D eigenvalue weighted by Crippen LogP contribution is 2.37. The molecule has 33 heavy (non-hydrogen) atoms. The third-order valence-corrected chi connectivity index (χ3v) is 9.35. The second-order valence-corrected chi connectivity index (χ2v) is 11.9. The van der Waals surface area contributed by atoms with Crippen LogP contribution in [0.5, 0.6) is 0 Å². The Morgan fingerprint density at radius 2 is 1.58 bits per heavy atom. The lowest BCUT2D eigenvalue weighted by atomic mass is 10.1. The van der Waals surface area contributed by atoms with Crippen molar-refractivity contribution in [2.24, 2.45) is 0 Å². The fourth-order valence-corrected chi connectivity index (χ4v) is 7.43. The van der Waals surface area contributed by atoms with E-state index in [1.807, 2.05) is 0 Å². The summed E-state index contributed by atoms with van der Waals surface area (Å²) in [7, 11) is -4.21. The van der Waals surface area contributed by atoms with E-state index < -0.39 is 33.9 Å². The Morgan fingerprint density at radius 1 is 0.939 bits per heavy atom. The molecule has 1 unspecified atom stereocenters. The van der Waals surface area contributed by atoms with Crippen LogP contribution in [0.25, 0.3) is 0 Å². The van der Waals surface area contributed by atoms with Gasteiger partial charge >= 0.3 is 0 Å². The van der Waals surface area contributed by atoms with Crippen LogP contribution >= 0.6 is 39.1 Å². The summed E-state index contributed by atoms with van der Waals surface area (Å²) in [5.74, 6) is -0.980. The fourth-order valence-electron chi connectivity index (χ4n) is 4.60. The molecular formula is C23H23BrCl2N2O4S. The fraction of sp³-hybridized carbons (Fsp3) is 0.391. The first kappa shape index (κ1) is 24.7. The van der Waals surface area contributed by atoms with Crippen LogP contribution in [-0.4, -0.2) is 36.6 Å². The van der Waals surface area contributed by atoms with E-state index in [4.69, 9.17) is 23.2 Å². The van der Waals surface area contributed by atoms with Crippen LogP contribution in [0.3, 0.4) is 0 Å². The number of halogens is 3. The highest BCUT2D eigenvalue weighted by molar-refractivity contribution is 9.10. The molecule has 1 saturated carbocycles. The van der Waals surface area contributed by atoms with E-state index in [2.05, 4.69) is 15.9 Å². The summed E-state index contributed by atoms with van der Waals surface area (Å²) in [5, 5.41) is 0.253. The van der Waals surface area contributed by atoms with Crippen molar-refractivity contribution in [2.45, 2.75) is 61.9 Å². The molecule has 0 spiro atoms. The molecule has 0 radical (unpaired) electrons. The Balaban J connectivity index is 1.78. The summed E-state index contributed by atoms with van der Waals surface area (Å²) in [5.41, 5.74) is 0.412. The molecule has 2 amide bonds. The maximum absolute atomic E-state index is 13.9. The zero-order chi connectivity index (χ0) is 23.8. The number of carbonyl (C=O) groups is 2. The van der Waals surface area contributed by atoms with E-state index >= 15 is 0 Å². The lowest BCUT2D eigenvalue weighted by Crippen LogP contribution is -2.50. The van der Waals surface area contributed by atoms with E-state index in [1.54, 1.807) is 24.3 Å². The van der Waals surface area contributed by atoms with Gasteiger partial charge in [-0.05, 0) is 55.3 Å². The number of imide groups is 1. The molecule has 4 rings (SSSR count). The smallest absolute Gasteiger partial charge is 0.252 e. The van der Waals surface area contributed by atoms with Crippen molar-refractivity contribution < 1.29 is 18.0 Å². The van der Waals surface area contributed by atoms with Crippen molar-refractivity contribution in [3.8, 4) is 0 Å². The molecule has 1 aliphatic heterocycles. The molecule has 2 aliphatic rings. The van der Waals surface area contributed by atoms with Gasteiger partial charge in [0.1, 0.15) is 10.9 Å². The third-order valence-electron chi connectivity index (χ3n) is 6.15. The van der Waals surface area contributed by atoms with Crippen LogP contribution in [0.2, 0.25) is 10.0 Å². The topological polar surface area (TPSA) is 74.8 Å². The van der Waals surface area contributed by atoms with Crippen LogP contribution in [-0.2, 0) is 19.6 Å². The van der Waals surface area contributed by atoms with Gasteiger partial charge < -0.3 is 0 Å². The summed E-state index contributed by atoms with van der Waals surface area (Å²) < 4.78 is 29.9. The van der Waals surface area contributed by atoms with Crippen LogP contribution in [0, 0.1) is 0 Å². The Labute approximate surface area is 212 Å². The molecule has 1 aliphatic carbocycles. The second-order valence-electron chi connectivity index (χ2n) is 8.32. The monoisotopic (exact) mass is 572 g/mol. The minimum Gasteiger partial charge on any atom is -0.274 e. The molecule has 1 saturated heterocycles. The molecule has 6 nitrogen and oxygen atoms in total.